The van der Waals surface area contributed by atoms with Gasteiger partial charge in [-0.05, 0) is 0 Å². The minimum Gasteiger partial charge on any atom is -0.340 e. The van der Waals surface area contributed by atoms with Crippen LogP contribution in [0.1, 0.15) is 0 Å². The summed E-state index contributed by atoms with van der Waals surface area (Å²) < 4.78 is 130. The Morgan fingerprint density at radius 3 is 1.50 bits per heavy atom. The van der Waals surface area contributed by atoms with E-state index in [9.17, 15) is 48.3 Å². The SMILES string of the molecule is OC(O/N=C(\F)C(F)C(F)(F)F)(C(F)(F)F)C(F)(F)F. The Morgan fingerprint density at radius 1 is 0.900 bits per heavy atom. The highest BCUT2D eigenvalue weighted by Crippen LogP contribution is 2.44. The van der Waals surface area contributed by atoms with Crippen LogP contribution in [0.25, 0.3) is 0 Å². The summed E-state index contributed by atoms with van der Waals surface area (Å²) in [5.41, 5.74) is 0. The number of oxime groups is 1. The second-order valence-corrected chi connectivity index (χ2v) is 3.05. The Bertz CT molecular complexity index is 353. The fraction of sp³-hybridized carbons (Fsp3) is 0.833. The maximum absolute atomic E-state index is 12.3. The summed E-state index contributed by atoms with van der Waals surface area (Å²) in [5.74, 6) is -9.48. The van der Waals surface area contributed by atoms with Gasteiger partial charge in [0.15, 0.2) is 0 Å². The molecule has 0 saturated carbocycles. The first-order valence-corrected chi connectivity index (χ1v) is 4.02. The number of rotatable bonds is 3. The normalized spacial score (nSPS) is 17.1. The van der Waals surface area contributed by atoms with Gasteiger partial charge in [0, 0.05) is 0 Å². The van der Waals surface area contributed by atoms with Crippen LogP contribution in [0.5, 0.6) is 0 Å². The van der Waals surface area contributed by atoms with Crippen molar-refractivity contribution in [3.05, 3.63) is 0 Å². The van der Waals surface area contributed by atoms with Gasteiger partial charge in [0.1, 0.15) is 0 Å². The molecule has 0 bridgehead atoms. The van der Waals surface area contributed by atoms with E-state index in [0.717, 1.165) is 5.16 Å². The van der Waals surface area contributed by atoms with Crippen molar-refractivity contribution in [1.82, 2.24) is 0 Å². The van der Waals surface area contributed by atoms with Gasteiger partial charge in [-0.1, -0.05) is 5.16 Å². The summed E-state index contributed by atoms with van der Waals surface area (Å²) in [6.07, 6.45) is -23.8. The van der Waals surface area contributed by atoms with Crippen molar-refractivity contribution < 1.29 is 58.2 Å². The standard InChI is InChI=1S/C6H2F11NO2/c7-1(3(9,10)11)2(8)18-20-4(19,5(12,13)14)6(15,16)17/h1,19H/b18-2-. The molecule has 0 aromatic carbocycles. The predicted molar refractivity (Wildman–Crippen MR) is 37.6 cm³/mol. The average molecular weight is 329 g/mol. The van der Waals surface area contributed by atoms with Crippen LogP contribution in [0.15, 0.2) is 5.16 Å². The lowest BCUT2D eigenvalue weighted by molar-refractivity contribution is -0.458. The van der Waals surface area contributed by atoms with E-state index in [4.69, 9.17) is 5.11 Å². The summed E-state index contributed by atoms with van der Waals surface area (Å²) >= 11 is 0. The molecular weight excluding hydrogens is 327 g/mol. The van der Waals surface area contributed by atoms with E-state index in [0.29, 0.717) is 0 Å². The van der Waals surface area contributed by atoms with Gasteiger partial charge in [-0.15, -0.1) is 0 Å². The molecule has 3 nitrogen and oxygen atoms in total. The molecule has 0 aliphatic carbocycles. The molecule has 0 rings (SSSR count). The minimum atomic E-state index is -6.63. The van der Waals surface area contributed by atoms with Crippen molar-refractivity contribution in [3.63, 3.8) is 0 Å². The minimum absolute atomic E-state index is 1.06. The molecule has 0 heterocycles. The third kappa shape index (κ3) is 3.83. The second-order valence-electron chi connectivity index (χ2n) is 3.05. The van der Waals surface area contributed by atoms with Gasteiger partial charge >= 0.3 is 24.3 Å². The third-order valence-electron chi connectivity index (χ3n) is 1.53. The molecule has 0 spiro atoms. The van der Waals surface area contributed by atoms with E-state index in [1.54, 1.807) is 0 Å². The quantitative estimate of drug-likeness (QED) is 0.374. The Labute approximate surface area is 101 Å². The number of nitrogens with zero attached hydrogens (tertiary/aromatic N) is 1. The van der Waals surface area contributed by atoms with E-state index in [2.05, 4.69) is 4.84 Å². The van der Waals surface area contributed by atoms with Gasteiger partial charge in [-0.3, -0.25) is 0 Å². The van der Waals surface area contributed by atoms with Crippen LogP contribution >= 0.6 is 0 Å². The van der Waals surface area contributed by atoms with Gasteiger partial charge in [0.2, 0.25) is 0 Å². The van der Waals surface area contributed by atoms with Crippen molar-refractivity contribution in [2.75, 3.05) is 0 Å². The molecule has 1 unspecified atom stereocenters. The zero-order chi connectivity index (χ0) is 16.6. The van der Waals surface area contributed by atoms with Gasteiger partial charge in [0.25, 0.3) is 12.1 Å². The Hall–Kier alpha value is -1.34. The van der Waals surface area contributed by atoms with Crippen molar-refractivity contribution in [2.45, 2.75) is 30.5 Å². The van der Waals surface area contributed by atoms with Crippen LogP contribution in [-0.2, 0) is 4.84 Å². The van der Waals surface area contributed by atoms with Crippen LogP contribution in [0, 0.1) is 0 Å². The lowest BCUT2D eigenvalue weighted by Gasteiger charge is -2.29. The summed E-state index contributed by atoms with van der Waals surface area (Å²) in [6, 6.07) is 0. The Balaban J connectivity index is 5.36. The second kappa shape index (κ2) is 5.21. The molecule has 0 radical (unpaired) electrons. The zero-order valence-electron chi connectivity index (χ0n) is 8.54. The smallest absolute Gasteiger partial charge is 0.340 e. The van der Waals surface area contributed by atoms with E-state index in [1.807, 2.05) is 0 Å². The molecule has 0 aromatic heterocycles. The lowest BCUT2D eigenvalue weighted by atomic mass is 10.2. The van der Waals surface area contributed by atoms with Crippen LogP contribution in [0.2, 0.25) is 0 Å². The summed E-state index contributed by atoms with van der Waals surface area (Å²) in [4.78, 5) is 2.32. The molecule has 0 aliphatic heterocycles. The van der Waals surface area contributed by atoms with Gasteiger partial charge in [-0.25, -0.2) is 4.39 Å². The molecule has 0 aromatic rings. The zero-order valence-corrected chi connectivity index (χ0v) is 8.54. The molecule has 0 fully saturated rings. The Morgan fingerprint density at radius 2 is 1.25 bits per heavy atom. The number of hydrogen-bond acceptors (Lipinski definition) is 3. The molecule has 20 heavy (non-hydrogen) atoms. The van der Waals surface area contributed by atoms with Crippen LogP contribution < -0.4 is 0 Å². The highest BCUT2D eigenvalue weighted by Gasteiger charge is 2.75. The summed E-state index contributed by atoms with van der Waals surface area (Å²) in [7, 11) is 0. The van der Waals surface area contributed by atoms with Gasteiger partial charge in [0.05, 0.1) is 0 Å². The first-order valence-electron chi connectivity index (χ1n) is 4.02. The molecule has 0 saturated heterocycles. The highest BCUT2D eigenvalue weighted by molar-refractivity contribution is 5.79. The first kappa shape index (κ1) is 18.7. The maximum Gasteiger partial charge on any atom is 0.467 e. The largest absolute Gasteiger partial charge is 0.467 e. The molecular formula is C6H2F11NO2. The maximum atomic E-state index is 12.3. The summed E-state index contributed by atoms with van der Waals surface area (Å²) in [6.45, 7) is 0. The summed E-state index contributed by atoms with van der Waals surface area (Å²) in [5, 5.41) is 9.23. The molecule has 0 aliphatic rings. The van der Waals surface area contributed by atoms with E-state index in [-0.39, 0.29) is 0 Å². The fourth-order valence-electron chi connectivity index (χ4n) is 0.555. The average Bonchev–Trinajstić information content (AvgIpc) is 2.19. The van der Waals surface area contributed by atoms with Crippen LogP contribution in [-0.4, -0.2) is 41.6 Å². The number of alkyl halides is 10. The van der Waals surface area contributed by atoms with Crippen molar-refractivity contribution in [1.29, 1.82) is 0 Å². The monoisotopic (exact) mass is 329 g/mol. The van der Waals surface area contributed by atoms with Crippen molar-refractivity contribution >= 4 is 5.97 Å². The predicted octanol–water partition coefficient (Wildman–Crippen LogP) is 3.00. The molecule has 1 atom stereocenters. The Kier molecular flexibility index (Phi) is 4.86. The van der Waals surface area contributed by atoms with Gasteiger partial charge < -0.3 is 9.94 Å². The first-order chi connectivity index (χ1) is 8.54. The number of halogens is 11. The van der Waals surface area contributed by atoms with Crippen LogP contribution in [0.3, 0.4) is 0 Å². The lowest BCUT2D eigenvalue weighted by Crippen LogP contribution is -2.58. The van der Waals surface area contributed by atoms with E-state index < -0.39 is 36.5 Å². The number of hydrogen-bond donors (Lipinski definition) is 1. The number of aliphatic hydroxyl groups is 1. The highest BCUT2D eigenvalue weighted by atomic mass is 19.4. The molecule has 0 amide bonds. The van der Waals surface area contributed by atoms with Gasteiger partial charge in [-0.2, -0.15) is 43.9 Å². The van der Waals surface area contributed by atoms with E-state index in [1.165, 1.54) is 0 Å². The fourth-order valence-corrected chi connectivity index (χ4v) is 0.555. The molecule has 1 N–H and O–H groups in total. The van der Waals surface area contributed by atoms with Crippen LogP contribution in [0.4, 0.5) is 48.3 Å². The molecule has 14 heteroatoms. The molecule has 120 valence electrons. The third-order valence-corrected chi connectivity index (χ3v) is 1.53. The topological polar surface area (TPSA) is 41.8 Å². The van der Waals surface area contributed by atoms with Crippen molar-refractivity contribution in [3.8, 4) is 0 Å². The van der Waals surface area contributed by atoms with Crippen molar-refractivity contribution in [2.24, 2.45) is 5.16 Å². The van der Waals surface area contributed by atoms with E-state index >= 15 is 0 Å².